The average molecular weight is 314 g/mol. The van der Waals surface area contributed by atoms with Crippen LogP contribution in [0, 0.1) is 18.2 Å². The minimum Gasteiger partial charge on any atom is -0.480 e. The maximum absolute atomic E-state index is 12.9. The van der Waals surface area contributed by atoms with Crippen LogP contribution in [0.4, 0.5) is 4.39 Å². The Balaban J connectivity index is 3.02. The molecule has 0 spiro atoms. The van der Waals surface area contributed by atoms with E-state index in [1.807, 2.05) is 0 Å². The Morgan fingerprint density at radius 2 is 2.17 bits per heavy atom. The van der Waals surface area contributed by atoms with Crippen LogP contribution in [-0.2, 0) is 4.79 Å². The minimum absolute atomic E-state index is 0.130. The Labute approximate surface area is 112 Å². The summed E-state index contributed by atoms with van der Waals surface area (Å²) in [6.07, 6.45) is 5.07. The fraction of sp³-hybridized carbons (Fsp3) is 0.167. The van der Waals surface area contributed by atoms with Crippen molar-refractivity contribution in [1.29, 1.82) is 0 Å². The van der Waals surface area contributed by atoms with Crippen molar-refractivity contribution in [2.45, 2.75) is 0 Å². The summed E-state index contributed by atoms with van der Waals surface area (Å²) < 4.78 is 13.1. The molecule has 18 heavy (non-hydrogen) atoms. The van der Waals surface area contributed by atoms with Gasteiger partial charge in [-0.2, -0.15) is 0 Å². The van der Waals surface area contributed by atoms with Crippen LogP contribution in [0.3, 0.4) is 0 Å². The molecule has 6 heteroatoms. The van der Waals surface area contributed by atoms with Gasteiger partial charge >= 0.3 is 5.97 Å². The molecule has 0 fully saturated rings. The number of hydrogen-bond acceptors (Lipinski definition) is 2. The Kier molecular flexibility index (Phi) is 4.86. The lowest BCUT2D eigenvalue weighted by Gasteiger charge is -2.18. The van der Waals surface area contributed by atoms with Crippen LogP contribution in [-0.4, -0.2) is 35.0 Å². The number of halogens is 2. The van der Waals surface area contributed by atoms with Gasteiger partial charge in [0.15, 0.2) is 0 Å². The van der Waals surface area contributed by atoms with Crippen LogP contribution in [0.5, 0.6) is 0 Å². The van der Waals surface area contributed by atoms with Gasteiger partial charge < -0.3 is 10.0 Å². The molecular formula is C12H9BrFNO3. The topological polar surface area (TPSA) is 57.6 Å². The van der Waals surface area contributed by atoms with E-state index in [-0.39, 0.29) is 16.6 Å². The lowest BCUT2D eigenvalue weighted by atomic mass is 10.2. The van der Waals surface area contributed by atoms with Crippen LogP contribution in [0.15, 0.2) is 22.7 Å². The molecule has 1 N–H and O–H groups in total. The monoisotopic (exact) mass is 313 g/mol. The van der Waals surface area contributed by atoms with Crippen molar-refractivity contribution in [3.05, 3.63) is 34.1 Å². The first-order valence-electron chi connectivity index (χ1n) is 4.85. The predicted octanol–water partition coefficient (Wildman–Crippen LogP) is 1.75. The molecule has 0 heterocycles. The summed E-state index contributed by atoms with van der Waals surface area (Å²) in [6, 6.07) is 3.52. The Morgan fingerprint density at radius 1 is 1.50 bits per heavy atom. The van der Waals surface area contributed by atoms with Crippen LogP contribution < -0.4 is 0 Å². The molecule has 0 atom stereocenters. The summed E-state index contributed by atoms with van der Waals surface area (Å²) in [4.78, 5) is 23.6. The van der Waals surface area contributed by atoms with Gasteiger partial charge in [0.25, 0.3) is 5.91 Å². The number of nitrogens with zero attached hydrogens (tertiary/aromatic N) is 1. The smallest absolute Gasteiger partial charge is 0.323 e. The van der Waals surface area contributed by atoms with Gasteiger partial charge in [-0.25, -0.2) is 4.39 Å². The number of rotatable bonds is 4. The lowest BCUT2D eigenvalue weighted by Crippen LogP contribution is -2.36. The van der Waals surface area contributed by atoms with E-state index in [4.69, 9.17) is 11.5 Å². The molecule has 1 aromatic carbocycles. The molecule has 4 nitrogen and oxygen atoms in total. The third-order valence-electron chi connectivity index (χ3n) is 2.06. The molecule has 0 saturated heterocycles. The highest BCUT2D eigenvalue weighted by Crippen LogP contribution is 2.19. The van der Waals surface area contributed by atoms with Crippen molar-refractivity contribution in [3.63, 3.8) is 0 Å². The van der Waals surface area contributed by atoms with Crippen molar-refractivity contribution >= 4 is 27.8 Å². The van der Waals surface area contributed by atoms with Gasteiger partial charge in [-0.3, -0.25) is 9.59 Å². The van der Waals surface area contributed by atoms with Gasteiger partial charge in [0, 0.05) is 4.47 Å². The molecule has 94 valence electrons. The fourth-order valence-electron chi connectivity index (χ4n) is 1.31. The van der Waals surface area contributed by atoms with Crippen molar-refractivity contribution in [2.24, 2.45) is 0 Å². The second kappa shape index (κ2) is 6.17. The van der Waals surface area contributed by atoms with E-state index in [0.717, 1.165) is 17.0 Å². The quantitative estimate of drug-likeness (QED) is 0.862. The van der Waals surface area contributed by atoms with Crippen LogP contribution in [0.25, 0.3) is 0 Å². The molecule has 0 aliphatic rings. The van der Waals surface area contributed by atoms with E-state index < -0.39 is 24.2 Å². The first-order valence-corrected chi connectivity index (χ1v) is 5.64. The van der Waals surface area contributed by atoms with Crippen LogP contribution in [0.1, 0.15) is 10.4 Å². The zero-order chi connectivity index (χ0) is 13.7. The van der Waals surface area contributed by atoms with E-state index in [1.165, 1.54) is 6.07 Å². The number of benzene rings is 1. The molecule has 0 aliphatic carbocycles. The summed E-state index contributed by atoms with van der Waals surface area (Å²) in [5, 5.41) is 8.69. The Hall–Kier alpha value is -1.87. The number of amides is 1. The molecule has 1 rings (SSSR count). The molecule has 0 unspecified atom stereocenters. The number of carboxylic acid groups (broad SMARTS) is 1. The minimum atomic E-state index is -1.17. The molecule has 0 radical (unpaired) electrons. The Morgan fingerprint density at radius 3 is 2.67 bits per heavy atom. The van der Waals surface area contributed by atoms with Gasteiger partial charge in [0.1, 0.15) is 12.4 Å². The molecule has 0 bridgehead atoms. The normalized spacial score (nSPS) is 9.61. The van der Waals surface area contributed by atoms with E-state index in [0.29, 0.717) is 0 Å². The van der Waals surface area contributed by atoms with Gasteiger partial charge in [0.05, 0.1) is 12.1 Å². The largest absolute Gasteiger partial charge is 0.480 e. The first kappa shape index (κ1) is 14.2. The molecule has 1 amide bonds. The first-order chi connectivity index (χ1) is 8.45. The summed E-state index contributed by atoms with van der Waals surface area (Å²) in [5.41, 5.74) is 0.160. The zero-order valence-corrected chi connectivity index (χ0v) is 10.8. The highest BCUT2D eigenvalue weighted by atomic mass is 79.9. The van der Waals surface area contributed by atoms with E-state index in [2.05, 4.69) is 21.9 Å². The number of carbonyl (C=O) groups is 2. The average Bonchev–Trinajstić information content (AvgIpc) is 2.27. The fourth-order valence-corrected chi connectivity index (χ4v) is 1.83. The van der Waals surface area contributed by atoms with Gasteiger partial charge in [-0.15, -0.1) is 6.42 Å². The molecule has 0 aromatic heterocycles. The molecule has 0 saturated carbocycles. The van der Waals surface area contributed by atoms with E-state index >= 15 is 0 Å². The SMILES string of the molecule is C#CCN(CC(=O)O)C(=O)c1ccc(F)cc1Br. The predicted molar refractivity (Wildman–Crippen MR) is 66.5 cm³/mol. The standard InChI is InChI=1S/C12H9BrFNO3/c1-2-5-15(7-11(16)17)12(18)9-4-3-8(14)6-10(9)13/h1,3-4,6H,5,7H2,(H,16,17). The van der Waals surface area contributed by atoms with Gasteiger partial charge in [-0.05, 0) is 34.1 Å². The van der Waals surface area contributed by atoms with Gasteiger partial charge in [0.2, 0.25) is 0 Å². The lowest BCUT2D eigenvalue weighted by molar-refractivity contribution is -0.137. The second-order valence-electron chi connectivity index (χ2n) is 3.38. The number of terminal acetylenes is 1. The highest BCUT2D eigenvalue weighted by molar-refractivity contribution is 9.10. The van der Waals surface area contributed by atoms with Gasteiger partial charge in [-0.1, -0.05) is 5.92 Å². The number of carboxylic acids is 1. The number of hydrogen-bond donors (Lipinski definition) is 1. The number of carbonyl (C=O) groups excluding carboxylic acids is 1. The van der Waals surface area contributed by atoms with Crippen LogP contribution in [0.2, 0.25) is 0 Å². The summed E-state index contributed by atoms with van der Waals surface area (Å²) in [7, 11) is 0. The molecular weight excluding hydrogens is 305 g/mol. The molecule has 1 aromatic rings. The van der Waals surface area contributed by atoms with Crippen molar-refractivity contribution in [2.75, 3.05) is 13.1 Å². The van der Waals surface area contributed by atoms with Crippen molar-refractivity contribution in [3.8, 4) is 12.3 Å². The maximum atomic E-state index is 12.9. The Bertz CT molecular complexity index is 525. The van der Waals surface area contributed by atoms with Crippen LogP contribution >= 0.6 is 15.9 Å². The number of aliphatic carboxylic acids is 1. The summed E-state index contributed by atoms with van der Waals surface area (Å²) in [5.74, 6) is -0.0298. The maximum Gasteiger partial charge on any atom is 0.323 e. The third kappa shape index (κ3) is 3.57. The van der Waals surface area contributed by atoms with E-state index in [9.17, 15) is 14.0 Å². The molecule has 0 aliphatic heterocycles. The highest BCUT2D eigenvalue weighted by Gasteiger charge is 2.19. The third-order valence-corrected chi connectivity index (χ3v) is 2.71. The summed E-state index contributed by atoms with van der Waals surface area (Å²) in [6.45, 7) is -0.637. The zero-order valence-electron chi connectivity index (χ0n) is 9.19. The van der Waals surface area contributed by atoms with E-state index in [1.54, 1.807) is 0 Å². The van der Waals surface area contributed by atoms with Crippen molar-refractivity contribution in [1.82, 2.24) is 4.90 Å². The second-order valence-corrected chi connectivity index (χ2v) is 4.24. The summed E-state index contributed by atoms with van der Waals surface area (Å²) >= 11 is 3.05. The van der Waals surface area contributed by atoms with Crippen molar-refractivity contribution < 1.29 is 19.1 Å².